The molecule has 1 saturated heterocycles. The lowest BCUT2D eigenvalue weighted by Gasteiger charge is -2.28. The summed E-state index contributed by atoms with van der Waals surface area (Å²) in [6.45, 7) is 6.41. The Morgan fingerprint density at radius 1 is 0.964 bits per heavy atom. The SMILES string of the molecule is O=C(C[NH+]1CC[NH+](C/C=C/c2ccccc2)CC1)NCCc1ccc(F)cc1. The highest BCUT2D eigenvalue weighted by molar-refractivity contribution is 5.76. The molecule has 1 aliphatic heterocycles. The predicted octanol–water partition coefficient (Wildman–Crippen LogP) is -0.0188. The average molecular weight is 384 g/mol. The standard InChI is InChI=1S/C23H28FN3O/c24-22-10-8-21(9-11-22)12-13-25-23(28)19-27-17-15-26(16-18-27)14-4-7-20-5-2-1-3-6-20/h1-11H,12-19H2,(H,25,28)/p+2/b7-4+. The van der Waals surface area contributed by atoms with Crippen LogP contribution in [0.25, 0.3) is 6.08 Å². The first kappa shape index (κ1) is 20.2. The fraction of sp³-hybridized carbons (Fsp3) is 0.348. The van der Waals surface area contributed by atoms with Crippen LogP contribution < -0.4 is 15.1 Å². The lowest BCUT2D eigenvalue weighted by Crippen LogP contribution is -3.28. The molecule has 3 rings (SSSR count). The summed E-state index contributed by atoms with van der Waals surface area (Å²) in [5, 5.41) is 2.99. The molecule has 3 N–H and O–H groups in total. The molecule has 0 aromatic heterocycles. The van der Waals surface area contributed by atoms with Crippen LogP contribution in [-0.4, -0.2) is 51.7 Å². The smallest absolute Gasteiger partial charge is 0.275 e. The van der Waals surface area contributed by atoms with Crippen molar-refractivity contribution in [1.82, 2.24) is 5.32 Å². The van der Waals surface area contributed by atoms with Gasteiger partial charge in [0, 0.05) is 6.54 Å². The molecule has 28 heavy (non-hydrogen) atoms. The third kappa shape index (κ3) is 6.91. The molecule has 0 atom stereocenters. The van der Waals surface area contributed by atoms with Crippen LogP contribution in [0.1, 0.15) is 11.1 Å². The summed E-state index contributed by atoms with van der Waals surface area (Å²) in [6.07, 6.45) is 5.16. The number of halogens is 1. The minimum atomic E-state index is -0.229. The third-order valence-corrected chi connectivity index (χ3v) is 5.24. The number of piperazine rings is 1. The molecular weight excluding hydrogens is 353 g/mol. The summed E-state index contributed by atoms with van der Waals surface area (Å²) in [5.41, 5.74) is 2.28. The topological polar surface area (TPSA) is 38.0 Å². The highest BCUT2D eigenvalue weighted by Gasteiger charge is 2.23. The van der Waals surface area contributed by atoms with Crippen LogP contribution in [-0.2, 0) is 11.2 Å². The first-order chi connectivity index (χ1) is 13.7. The zero-order valence-electron chi connectivity index (χ0n) is 16.3. The number of hydrogen-bond acceptors (Lipinski definition) is 1. The Labute approximate surface area is 166 Å². The molecule has 2 aromatic carbocycles. The lowest BCUT2D eigenvalue weighted by molar-refractivity contribution is -1.01. The summed E-state index contributed by atoms with van der Waals surface area (Å²) in [4.78, 5) is 15.1. The molecular formula is C23H30FN3O+2. The van der Waals surface area contributed by atoms with Gasteiger partial charge in [-0.3, -0.25) is 4.79 Å². The molecule has 0 saturated carbocycles. The first-order valence-electron chi connectivity index (χ1n) is 10.1. The Morgan fingerprint density at radius 3 is 2.36 bits per heavy atom. The molecule has 1 amide bonds. The maximum atomic E-state index is 12.9. The van der Waals surface area contributed by atoms with Gasteiger partial charge in [0.05, 0.1) is 6.54 Å². The quantitative estimate of drug-likeness (QED) is 0.589. The van der Waals surface area contributed by atoms with Crippen molar-refractivity contribution in [1.29, 1.82) is 0 Å². The fourth-order valence-corrected chi connectivity index (χ4v) is 3.55. The molecule has 5 heteroatoms. The number of benzene rings is 2. The van der Waals surface area contributed by atoms with E-state index in [1.165, 1.54) is 22.6 Å². The summed E-state index contributed by atoms with van der Waals surface area (Å²) in [6, 6.07) is 16.8. The van der Waals surface area contributed by atoms with Gasteiger partial charge in [0.15, 0.2) is 6.54 Å². The lowest BCUT2D eigenvalue weighted by atomic mass is 10.1. The second kappa shape index (κ2) is 10.7. The number of rotatable bonds is 8. The Balaban J connectivity index is 1.29. The van der Waals surface area contributed by atoms with Crippen LogP contribution in [0, 0.1) is 5.82 Å². The Morgan fingerprint density at radius 2 is 1.64 bits per heavy atom. The Bertz CT molecular complexity index is 753. The summed E-state index contributed by atoms with van der Waals surface area (Å²) in [5.74, 6) is -0.127. The Kier molecular flexibility index (Phi) is 7.76. The van der Waals surface area contributed by atoms with Crippen molar-refractivity contribution in [2.75, 3.05) is 45.8 Å². The first-order valence-corrected chi connectivity index (χ1v) is 10.1. The molecule has 1 fully saturated rings. The van der Waals surface area contributed by atoms with Gasteiger partial charge in [-0.2, -0.15) is 0 Å². The van der Waals surface area contributed by atoms with E-state index in [1.54, 1.807) is 17.0 Å². The van der Waals surface area contributed by atoms with E-state index >= 15 is 0 Å². The number of hydrogen-bond donors (Lipinski definition) is 3. The molecule has 0 spiro atoms. The van der Waals surface area contributed by atoms with Crippen molar-refractivity contribution < 1.29 is 19.0 Å². The van der Waals surface area contributed by atoms with E-state index in [1.807, 2.05) is 6.07 Å². The number of quaternary nitrogens is 2. The van der Waals surface area contributed by atoms with Gasteiger partial charge in [-0.05, 0) is 35.8 Å². The van der Waals surface area contributed by atoms with Gasteiger partial charge in [0.25, 0.3) is 5.91 Å². The molecule has 2 aromatic rings. The molecule has 1 heterocycles. The van der Waals surface area contributed by atoms with Crippen LogP contribution in [0.3, 0.4) is 0 Å². The molecule has 1 aliphatic rings. The van der Waals surface area contributed by atoms with Crippen molar-refractivity contribution in [3.05, 3.63) is 77.6 Å². The summed E-state index contributed by atoms with van der Waals surface area (Å²) >= 11 is 0. The van der Waals surface area contributed by atoms with Gasteiger partial charge in [-0.15, -0.1) is 0 Å². The van der Waals surface area contributed by atoms with E-state index in [0.29, 0.717) is 13.1 Å². The third-order valence-electron chi connectivity index (χ3n) is 5.24. The molecule has 0 unspecified atom stereocenters. The van der Waals surface area contributed by atoms with Crippen molar-refractivity contribution in [2.24, 2.45) is 0 Å². The minimum absolute atomic E-state index is 0.101. The van der Waals surface area contributed by atoms with Gasteiger partial charge >= 0.3 is 0 Å². The van der Waals surface area contributed by atoms with E-state index in [4.69, 9.17) is 0 Å². The van der Waals surface area contributed by atoms with Gasteiger partial charge in [-0.1, -0.05) is 48.5 Å². The van der Waals surface area contributed by atoms with Crippen LogP contribution >= 0.6 is 0 Å². The van der Waals surface area contributed by atoms with Gasteiger partial charge in [0.2, 0.25) is 0 Å². The monoisotopic (exact) mass is 383 g/mol. The number of nitrogens with one attached hydrogen (secondary N) is 3. The number of amides is 1. The van der Waals surface area contributed by atoms with Gasteiger partial charge in [-0.25, -0.2) is 4.39 Å². The van der Waals surface area contributed by atoms with Crippen molar-refractivity contribution in [2.45, 2.75) is 6.42 Å². The van der Waals surface area contributed by atoms with Crippen LogP contribution in [0.4, 0.5) is 4.39 Å². The summed E-state index contributed by atoms with van der Waals surface area (Å²) in [7, 11) is 0. The molecule has 4 nitrogen and oxygen atoms in total. The van der Waals surface area contributed by atoms with Crippen LogP contribution in [0.15, 0.2) is 60.7 Å². The van der Waals surface area contributed by atoms with Gasteiger partial charge in [0.1, 0.15) is 32.0 Å². The van der Waals surface area contributed by atoms with Crippen molar-refractivity contribution >= 4 is 12.0 Å². The van der Waals surface area contributed by atoms with E-state index in [2.05, 4.69) is 41.7 Å². The predicted molar refractivity (Wildman–Crippen MR) is 110 cm³/mol. The molecule has 148 valence electrons. The van der Waals surface area contributed by atoms with Crippen LogP contribution in [0.5, 0.6) is 0 Å². The maximum absolute atomic E-state index is 12.9. The highest BCUT2D eigenvalue weighted by atomic mass is 19.1. The average Bonchev–Trinajstić information content (AvgIpc) is 2.72. The Hall–Kier alpha value is -2.50. The minimum Gasteiger partial charge on any atom is -0.351 e. The maximum Gasteiger partial charge on any atom is 0.275 e. The highest BCUT2D eigenvalue weighted by Crippen LogP contribution is 2.02. The molecule has 0 bridgehead atoms. The summed E-state index contributed by atoms with van der Waals surface area (Å²) < 4.78 is 12.9. The zero-order chi connectivity index (χ0) is 19.6. The zero-order valence-corrected chi connectivity index (χ0v) is 16.3. The molecule has 0 radical (unpaired) electrons. The van der Waals surface area contributed by atoms with E-state index < -0.39 is 0 Å². The largest absolute Gasteiger partial charge is 0.351 e. The fourth-order valence-electron chi connectivity index (χ4n) is 3.55. The van der Waals surface area contributed by atoms with E-state index in [9.17, 15) is 9.18 Å². The number of carbonyl (C=O) groups is 1. The normalized spacial score (nSPS) is 19.6. The second-order valence-corrected chi connectivity index (χ2v) is 7.42. The number of carbonyl (C=O) groups excluding carboxylic acids is 1. The van der Waals surface area contributed by atoms with Crippen molar-refractivity contribution in [3.8, 4) is 0 Å². The van der Waals surface area contributed by atoms with Crippen LogP contribution in [0.2, 0.25) is 0 Å². The second-order valence-electron chi connectivity index (χ2n) is 7.42. The molecule has 0 aliphatic carbocycles. The van der Waals surface area contributed by atoms with E-state index in [-0.39, 0.29) is 11.7 Å². The van der Waals surface area contributed by atoms with E-state index in [0.717, 1.165) is 44.7 Å². The van der Waals surface area contributed by atoms with Crippen molar-refractivity contribution in [3.63, 3.8) is 0 Å². The van der Waals surface area contributed by atoms with Gasteiger partial charge < -0.3 is 15.1 Å².